The Labute approximate surface area is 317 Å². The maximum Gasteiger partial charge on any atom is 0.245 e. The summed E-state index contributed by atoms with van der Waals surface area (Å²) in [4.78, 5) is 34.1. The van der Waals surface area contributed by atoms with Crippen LogP contribution in [0.1, 0.15) is 66.3 Å². The maximum absolute atomic E-state index is 11.4. The number of carbonyl (C=O) groups excluding carboxylic acids is 3. The Morgan fingerprint density at radius 1 is 0.440 bits per heavy atom. The molecule has 0 radical (unpaired) electrons. The summed E-state index contributed by atoms with van der Waals surface area (Å²) in [5.41, 5.74) is -0.698. The molecular formula is C34H83N3O11S2. The summed E-state index contributed by atoms with van der Waals surface area (Å²) in [6.45, 7) is 5.80. The molecule has 0 aromatic rings. The van der Waals surface area contributed by atoms with Crippen molar-refractivity contribution in [3.05, 3.63) is 0 Å². The van der Waals surface area contributed by atoms with Gasteiger partial charge in [0, 0.05) is 32.6 Å². The van der Waals surface area contributed by atoms with E-state index in [-0.39, 0.29) is 163 Å². The zero-order chi connectivity index (χ0) is 31.2. The van der Waals surface area contributed by atoms with Crippen LogP contribution in [0.25, 0.3) is 0 Å². The predicted molar refractivity (Wildman–Crippen MR) is 216 cm³/mol. The number of rotatable bonds is 31. The highest BCUT2D eigenvalue weighted by molar-refractivity contribution is 8.76. The second kappa shape index (κ2) is 52.2. The minimum Gasteiger partial charge on any atom is -0.378 e. The molecule has 0 unspecified atom stereocenters. The lowest BCUT2D eigenvalue weighted by molar-refractivity contribution is -0.131. The van der Waals surface area contributed by atoms with Gasteiger partial charge in [-0.2, -0.15) is 0 Å². The fraction of sp³-hybridized carbons (Fsp3) is 0.912. The maximum atomic E-state index is 11.4. The summed E-state index contributed by atoms with van der Waals surface area (Å²) in [5, 5.41) is 7.48. The summed E-state index contributed by atoms with van der Waals surface area (Å²) in [5.74, 6) is 1.30. The molecule has 0 heterocycles. The summed E-state index contributed by atoms with van der Waals surface area (Å²) < 4.78 is 45.3. The average molecular weight is 774 g/mol. The SMILES string of the molecule is C.C.C.C.C.C.C.C.CCSSCCOCCOCC(COCCOCC(=O)NC)(COCCOCC(=O)NC)COCCOCC(=O)NC. The van der Waals surface area contributed by atoms with Gasteiger partial charge in [-0.15, -0.1) is 0 Å². The molecule has 0 saturated carbocycles. The van der Waals surface area contributed by atoms with E-state index in [2.05, 4.69) is 22.9 Å². The van der Waals surface area contributed by atoms with Crippen LogP contribution in [0.3, 0.4) is 0 Å². The molecule has 0 rings (SSSR count). The number of hydrogen-bond donors (Lipinski definition) is 3. The third-order valence-electron chi connectivity index (χ3n) is 5.17. The van der Waals surface area contributed by atoms with E-state index in [1.54, 1.807) is 42.7 Å². The molecule has 312 valence electrons. The van der Waals surface area contributed by atoms with Crippen LogP contribution < -0.4 is 16.0 Å². The molecule has 0 aliphatic rings. The lowest BCUT2D eigenvalue weighted by Crippen LogP contribution is -2.43. The van der Waals surface area contributed by atoms with E-state index in [1.165, 1.54) is 0 Å². The van der Waals surface area contributed by atoms with Gasteiger partial charge in [-0.1, -0.05) is 87.9 Å². The Hall–Kier alpha value is -1.21. The largest absolute Gasteiger partial charge is 0.378 e. The number of amides is 3. The zero-order valence-electron chi connectivity index (χ0n) is 25.5. The minimum atomic E-state index is -0.698. The normalized spacial score (nSPS) is 9.60. The minimum absolute atomic E-state index is 0. The molecule has 16 heteroatoms. The molecule has 14 nitrogen and oxygen atoms in total. The fourth-order valence-corrected chi connectivity index (χ4v) is 4.45. The van der Waals surface area contributed by atoms with Crippen molar-refractivity contribution in [2.45, 2.75) is 66.3 Å². The van der Waals surface area contributed by atoms with Gasteiger partial charge in [-0.25, -0.2) is 0 Å². The highest BCUT2D eigenvalue weighted by atomic mass is 33.1. The molecule has 0 saturated heterocycles. The summed E-state index contributed by atoms with van der Waals surface area (Å²) >= 11 is 0. The first-order valence-electron chi connectivity index (χ1n) is 13.9. The smallest absolute Gasteiger partial charge is 0.245 e. The van der Waals surface area contributed by atoms with Crippen LogP contribution in [0.2, 0.25) is 0 Å². The molecule has 0 bridgehead atoms. The van der Waals surface area contributed by atoms with Crippen LogP contribution in [0, 0.1) is 5.41 Å². The predicted octanol–water partition coefficient (Wildman–Crippen LogP) is 4.83. The number of carbonyl (C=O) groups is 3. The molecule has 3 N–H and O–H groups in total. The van der Waals surface area contributed by atoms with Crippen LogP contribution >= 0.6 is 21.6 Å². The third-order valence-corrected chi connectivity index (χ3v) is 7.61. The van der Waals surface area contributed by atoms with E-state index >= 15 is 0 Å². The van der Waals surface area contributed by atoms with Gasteiger partial charge in [0.05, 0.1) is 91.3 Å². The second-order valence-electron chi connectivity index (χ2n) is 8.73. The van der Waals surface area contributed by atoms with Gasteiger partial charge in [0.15, 0.2) is 0 Å². The van der Waals surface area contributed by atoms with Crippen LogP contribution in [0.15, 0.2) is 0 Å². The van der Waals surface area contributed by atoms with Crippen molar-refractivity contribution in [1.82, 2.24) is 16.0 Å². The zero-order valence-corrected chi connectivity index (χ0v) is 27.2. The van der Waals surface area contributed by atoms with Gasteiger partial charge < -0.3 is 53.8 Å². The Morgan fingerprint density at radius 3 is 1.00 bits per heavy atom. The van der Waals surface area contributed by atoms with Crippen molar-refractivity contribution in [1.29, 1.82) is 0 Å². The molecule has 50 heavy (non-hydrogen) atoms. The Morgan fingerprint density at radius 2 is 0.720 bits per heavy atom. The first kappa shape index (κ1) is 70.4. The first-order chi connectivity index (χ1) is 20.4. The number of ether oxygens (including phenoxy) is 8. The monoisotopic (exact) mass is 774 g/mol. The molecule has 0 atom stereocenters. The number of likely N-dealkylation sites (N-methyl/N-ethyl adjacent to an activating group) is 3. The molecule has 0 spiro atoms. The highest BCUT2D eigenvalue weighted by Gasteiger charge is 2.32. The molecule has 0 aliphatic carbocycles. The second-order valence-corrected chi connectivity index (χ2v) is 11.6. The Balaban J connectivity index is -0.000000300. The van der Waals surface area contributed by atoms with Crippen LogP contribution in [-0.4, -0.2) is 156 Å². The first-order valence-corrected chi connectivity index (χ1v) is 16.4. The Kier molecular flexibility index (Phi) is 73.4. The van der Waals surface area contributed by atoms with Crippen molar-refractivity contribution >= 4 is 39.3 Å². The van der Waals surface area contributed by atoms with Gasteiger partial charge in [0.25, 0.3) is 0 Å². The van der Waals surface area contributed by atoms with Crippen molar-refractivity contribution < 1.29 is 52.3 Å². The molecule has 0 aliphatic heterocycles. The van der Waals surface area contributed by atoms with Crippen molar-refractivity contribution in [2.24, 2.45) is 5.41 Å². The fourth-order valence-electron chi connectivity index (χ4n) is 2.92. The topological polar surface area (TPSA) is 161 Å². The van der Waals surface area contributed by atoms with E-state index < -0.39 is 5.41 Å². The van der Waals surface area contributed by atoms with E-state index in [9.17, 15) is 14.4 Å². The van der Waals surface area contributed by atoms with Gasteiger partial charge in [-0.05, 0) is 0 Å². The molecule has 0 aromatic carbocycles. The third kappa shape index (κ3) is 44.8. The van der Waals surface area contributed by atoms with Crippen molar-refractivity contribution in [3.63, 3.8) is 0 Å². The van der Waals surface area contributed by atoms with Gasteiger partial charge in [0.1, 0.15) is 19.8 Å². The number of nitrogens with one attached hydrogen (secondary N) is 3. The number of hydrogen-bond acceptors (Lipinski definition) is 13. The lowest BCUT2D eigenvalue weighted by atomic mass is 9.92. The quantitative estimate of drug-likeness (QED) is 0.0650. The Bertz CT molecular complexity index is 617. The van der Waals surface area contributed by atoms with Crippen LogP contribution in [-0.2, 0) is 52.3 Å². The van der Waals surface area contributed by atoms with Crippen molar-refractivity contribution in [3.8, 4) is 0 Å². The van der Waals surface area contributed by atoms with E-state index in [0.717, 1.165) is 11.5 Å². The van der Waals surface area contributed by atoms with Crippen LogP contribution in [0.4, 0.5) is 0 Å². The molecular weight excluding hydrogens is 691 g/mol. The van der Waals surface area contributed by atoms with Gasteiger partial charge in [0.2, 0.25) is 17.7 Å². The molecule has 3 amide bonds. The summed E-state index contributed by atoms with van der Waals surface area (Å²) in [6.07, 6.45) is 0. The van der Waals surface area contributed by atoms with Crippen LogP contribution in [0.5, 0.6) is 0 Å². The summed E-state index contributed by atoms with van der Waals surface area (Å²) in [6, 6.07) is 0. The standard InChI is InChI=1S/C26H51N3O11S2.8CH4/c1-5-41-42-15-14-33-6-10-37-19-26(20-38-11-7-34-16-23(30)27-2,21-39-12-8-35-17-24(31)28-3)22-40-13-9-36-18-25(32)29-4;;;;;;;;/h5-22H2,1-4H3,(H,27,30)(H,28,31)(H,29,32);8*1H4. The highest BCUT2D eigenvalue weighted by Crippen LogP contribution is 2.21. The average Bonchev–Trinajstić information content (AvgIpc) is 3.00. The van der Waals surface area contributed by atoms with E-state index in [4.69, 9.17) is 37.9 Å². The van der Waals surface area contributed by atoms with Crippen molar-refractivity contribution in [2.75, 3.05) is 138 Å². The molecule has 0 aromatic heterocycles. The van der Waals surface area contributed by atoms with Gasteiger partial charge in [-0.3, -0.25) is 14.4 Å². The van der Waals surface area contributed by atoms with E-state index in [0.29, 0.717) is 19.8 Å². The molecule has 0 fully saturated rings. The lowest BCUT2D eigenvalue weighted by Gasteiger charge is -2.33. The summed E-state index contributed by atoms with van der Waals surface area (Å²) in [7, 11) is 8.20. The van der Waals surface area contributed by atoms with Gasteiger partial charge >= 0.3 is 0 Å². The van der Waals surface area contributed by atoms with E-state index in [1.807, 2.05) is 0 Å².